The molecule has 2 unspecified atom stereocenters. The van der Waals surface area contributed by atoms with E-state index < -0.39 is 0 Å². The van der Waals surface area contributed by atoms with Gasteiger partial charge in [-0.25, -0.2) is 0 Å². The summed E-state index contributed by atoms with van der Waals surface area (Å²) in [6, 6.07) is 10.8. The Balaban J connectivity index is 2.02. The first-order chi connectivity index (χ1) is 11.0. The number of nitrogens with zero attached hydrogens (tertiary/aromatic N) is 3. The topological polar surface area (TPSA) is 39.5 Å². The van der Waals surface area contributed by atoms with Gasteiger partial charge < -0.3 is 4.74 Å². The summed E-state index contributed by atoms with van der Waals surface area (Å²) in [6.45, 7) is 13.4. The third-order valence-corrected chi connectivity index (χ3v) is 4.47. The van der Waals surface area contributed by atoms with Crippen LogP contribution in [0, 0.1) is 17.2 Å². The van der Waals surface area contributed by atoms with Crippen LogP contribution in [0.3, 0.4) is 0 Å². The standard InChI is InChI=1S/C19H29N3O/c1-5-21-10-11-22(13-16(21)4)19(12-20)17-6-8-18(9-7-17)23-14-15(2)3/h6-9,15-16,19H,5,10-11,13-14H2,1-4H3. The molecule has 1 heterocycles. The summed E-state index contributed by atoms with van der Waals surface area (Å²) in [4.78, 5) is 4.76. The quantitative estimate of drug-likeness (QED) is 0.807. The smallest absolute Gasteiger partial charge is 0.123 e. The van der Waals surface area contributed by atoms with Gasteiger partial charge in [0.15, 0.2) is 0 Å². The van der Waals surface area contributed by atoms with E-state index >= 15 is 0 Å². The lowest BCUT2D eigenvalue weighted by Crippen LogP contribution is -2.52. The van der Waals surface area contributed by atoms with Gasteiger partial charge in [0.25, 0.3) is 0 Å². The Morgan fingerprint density at radius 1 is 1.26 bits per heavy atom. The Hall–Kier alpha value is -1.57. The van der Waals surface area contributed by atoms with Gasteiger partial charge in [-0.2, -0.15) is 5.26 Å². The molecule has 4 nitrogen and oxygen atoms in total. The molecule has 0 aromatic heterocycles. The molecule has 1 saturated heterocycles. The number of hydrogen-bond donors (Lipinski definition) is 0. The van der Waals surface area contributed by atoms with Crippen LogP contribution in [-0.2, 0) is 0 Å². The first-order valence-corrected chi connectivity index (χ1v) is 8.65. The van der Waals surface area contributed by atoms with E-state index in [-0.39, 0.29) is 6.04 Å². The van der Waals surface area contributed by atoms with Crippen molar-refractivity contribution in [2.75, 3.05) is 32.8 Å². The minimum Gasteiger partial charge on any atom is -0.493 e. The average Bonchev–Trinajstić information content (AvgIpc) is 2.55. The van der Waals surface area contributed by atoms with Gasteiger partial charge >= 0.3 is 0 Å². The van der Waals surface area contributed by atoms with E-state index in [0.717, 1.165) is 44.1 Å². The van der Waals surface area contributed by atoms with Crippen molar-refractivity contribution in [3.63, 3.8) is 0 Å². The van der Waals surface area contributed by atoms with Crippen molar-refractivity contribution in [2.45, 2.75) is 39.8 Å². The maximum Gasteiger partial charge on any atom is 0.123 e. The molecule has 0 saturated carbocycles. The van der Waals surface area contributed by atoms with Gasteiger partial charge in [-0.3, -0.25) is 9.80 Å². The molecule has 1 fully saturated rings. The first kappa shape index (κ1) is 17.8. The summed E-state index contributed by atoms with van der Waals surface area (Å²) >= 11 is 0. The zero-order valence-corrected chi connectivity index (χ0v) is 14.8. The minimum absolute atomic E-state index is 0.171. The highest BCUT2D eigenvalue weighted by Crippen LogP contribution is 2.25. The van der Waals surface area contributed by atoms with Crippen LogP contribution < -0.4 is 4.74 Å². The van der Waals surface area contributed by atoms with Crippen LogP contribution in [0.25, 0.3) is 0 Å². The summed E-state index contributed by atoms with van der Waals surface area (Å²) in [5.41, 5.74) is 1.06. The zero-order valence-electron chi connectivity index (χ0n) is 14.8. The molecule has 0 spiro atoms. The lowest BCUT2D eigenvalue weighted by atomic mass is 10.0. The third-order valence-electron chi connectivity index (χ3n) is 4.47. The number of likely N-dealkylation sites (N-methyl/N-ethyl adjacent to an activating group) is 1. The van der Waals surface area contributed by atoms with Crippen LogP contribution in [0.5, 0.6) is 5.75 Å². The van der Waals surface area contributed by atoms with Gasteiger partial charge in [0.2, 0.25) is 0 Å². The Morgan fingerprint density at radius 3 is 2.48 bits per heavy atom. The van der Waals surface area contributed by atoms with E-state index in [0.29, 0.717) is 12.0 Å². The molecule has 1 aromatic rings. The Bertz CT molecular complexity index is 520. The van der Waals surface area contributed by atoms with Crippen molar-refractivity contribution in [3.8, 4) is 11.8 Å². The second kappa shape index (κ2) is 8.33. The Labute approximate surface area is 140 Å². The molecule has 0 amide bonds. The molecule has 126 valence electrons. The predicted molar refractivity (Wildman–Crippen MR) is 93.4 cm³/mol. The van der Waals surface area contributed by atoms with Crippen LogP contribution in [0.4, 0.5) is 0 Å². The molecule has 1 aromatic carbocycles. The van der Waals surface area contributed by atoms with Gasteiger partial charge in [-0.05, 0) is 37.1 Å². The normalized spacial score (nSPS) is 21.1. The lowest BCUT2D eigenvalue weighted by Gasteiger charge is -2.41. The maximum absolute atomic E-state index is 9.65. The number of ether oxygens (including phenoxy) is 1. The average molecular weight is 315 g/mol. The maximum atomic E-state index is 9.65. The Morgan fingerprint density at radius 2 is 1.96 bits per heavy atom. The highest BCUT2D eigenvalue weighted by molar-refractivity contribution is 5.32. The van der Waals surface area contributed by atoms with Gasteiger partial charge in [0.05, 0.1) is 12.7 Å². The Kier molecular flexibility index (Phi) is 6.44. The summed E-state index contributed by atoms with van der Waals surface area (Å²) in [6.07, 6.45) is 0. The van der Waals surface area contributed by atoms with E-state index in [1.54, 1.807) is 0 Å². The van der Waals surface area contributed by atoms with Gasteiger partial charge in [-0.15, -0.1) is 0 Å². The fraction of sp³-hybridized carbons (Fsp3) is 0.632. The van der Waals surface area contributed by atoms with Crippen LogP contribution >= 0.6 is 0 Å². The molecule has 2 atom stereocenters. The van der Waals surface area contributed by atoms with E-state index in [1.807, 2.05) is 24.3 Å². The van der Waals surface area contributed by atoms with Crippen molar-refractivity contribution in [2.24, 2.45) is 5.92 Å². The number of piperazine rings is 1. The third kappa shape index (κ3) is 4.70. The lowest BCUT2D eigenvalue weighted by molar-refractivity contribution is 0.0730. The fourth-order valence-corrected chi connectivity index (χ4v) is 3.10. The van der Waals surface area contributed by atoms with Crippen molar-refractivity contribution in [3.05, 3.63) is 29.8 Å². The van der Waals surface area contributed by atoms with E-state index in [4.69, 9.17) is 4.74 Å². The highest BCUT2D eigenvalue weighted by atomic mass is 16.5. The number of rotatable bonds is 6. The van der Waals surface area contributed by atoms with Crippen LogP contribution in [-0.4, -0.2) is 48.6 Å². The van der Waals surface area contributed by atoms with Crippen LogP contribution in [0.2, 0.25) is 0 Å². The molecule has 0 radical (unpaired) electrons. The molecular weight excluding hydrogens is 286 g/mol. The SMILES string of the molecule is CCN1CCN(C(C#N)c2ccc(OCC(C)C)cc2)CC1C. The van der Waals surface area contributed by atoms with Crippen molar-refractivity contribution in [1.29, 1.82) is 5.26 Å². The summed E-state index contributed by atoms with van der Waals surface area (Å²) in [7, 11) is 0. The van der Waals surface area contributed by atoms with Crippen LogP contribution in [0.1, 0.15) is 39.3 Å². The summed E-state index contributed by atoms with van der Waals surface area (Å²) < 4.78 is 5.72. The van der Waals surface area contributed by atoms with Gasteiger partial charge in [0, 0.05) is 25.7 Å². The van der Waals surface area contributed by atoms with E-state index in [1.165, 1.54) is 0 Å². The molecule has 0 bridgehead atoms. The largest absolute Gasteiger partial charge is 0.493 e. The van der Waals surface area contributed by atoms with Crippen LogP contribution in [0.15, 0.2) is 24.3 Å². The molecule has 1 aliphatic heterocycles. The fourth-order valence-electron chi connectivity index (χ4n) is 3.10. The molecule has 23 heavy (non-hydrogen) atoms. The summed E-state index contributed by atoms with van der Waals surface area (Å²) in [5.74, 6) is 1.39. The second-order valence-corrected chi connectivity index (χ2v) is 6.78. The molecule has 0 N–H and O–H groups in total. The monoisotopic (exact) mass is 315 g/mol. The highest BCUT2D eigenvalue weighted by Gasteiger charge is 2.28. The summed E-state index contributed by atoms with van der Waals surface area (Å²) in [5, 5.41) is 9.65. The zero-order chi connectivity index (χ0) is 16.8. The first-order valence-electron chi connectivity index (χ1n) is 8.65. The van der Waals surface area contributed by atoms with E-state index in [9.17, 15) is 5.26 Å². The second-order valence-electron chi connectivity index (χ2n) is 6.78. The molecule has 4 heteroatoms. The van der Waals surface area contributed by atoms with Gasteiger partial charge in [-0.1, -0.05) is 32.9 Å². The molecular formula is C19H29N3O. The molecule has 0 aliphatic carbocycles. The van der Waals surface area contributed by atoms with Crippen molar-refractivity contribution in [1.82, 2.24) is 9.80 Å². The number of hydrogen-bond acceptors (Lipinski definition) is 4. The van der Waals surface area contributed by atoms with Crippen molar-refractivity contribution < 1.29 is 4.74 Å². The van der Waals surface area contributed by atoms with E-state index in [2.05, 4.69) is 43.6 Å². The number of benzene rings is 1. The molecule has 2 rings (SSSR count). The molecule has 1 aliphatic rings. The van der Waals surface area contributed by atoms with Crippen molar-refractivity contribution >= 4 is 0 Å². The predicted octanol–water partition coefficient (Wildman–Crippen LogP) is 3.31. The minimum atomic E-state index is -0.171. The number of nitriles is 1. The van der Waals surface area contributed by atoms with Gasteiger partial charge in [0.1, 0.15) is 11.8 Å².